The molecule has 0 amide bonds. The topological polar surface area (TPSA) is 58.9 Å². The third-order valence-corrected chi connectivity index (χ3v) is 3.42. The summed E-state index contributed by atoms with van der Waals surface area (Å²) >= 11 is 0. The first kappa shape index (κ1) is 12.1. The molecular formula is C13H18N6. The van der Waals surface area contributed by atoms with E-state index in [1.807, 2.05) is 12.4 Å². The fraction of sp³-hybridized carbons (Fsp3) is 0.462. The van der Waals surface area contributed by atoms with E-state index in [9.17, 15) is 0 Å². The predicted molar refractivity (Wildman–Crippen MR) is 72.7 cm³/mol. The number of rotatable bonds is 4. The molecule has 0 spiro atoms. The highest BCUT2D eigenvalue weighted by molar-refractivity contribution is 5.52. The first-order valence-corrected chi connectivity index (χ1v) is 6.63. The lowest BCUT2D eigenvalue weighted by atomic mass is 10.2. The van der Waals surface area contributed by atoms with Crippen LogP contribution in [0.25, 0.3) is 0 Å². The summed E-state index contributed by atoms with van der Waals surface area (Å²) in [6.07, 6.45) is 5.60. The highest BCUT2D eigenvalue weighted by atomic mass is 15.3. The van der Waals surface area contributed by atoms with E-state index >= 15 is 0 Å². The molecule has 0 unspecified atom stereocenters. The van der Waals surface area contributed by atoms with Crippen molar-refractivity contribution in [1.29, 1.82) is 0 Å². The average Bonchev–Trinajstić information content (AvgIpc) is 2.92. The lowest BCUT2D eigenvalue weighted by Gasteiger charge is -2.30. The van der Waals surface area contributed by atoms with Gasteiger partial charge in [0.25, 0.3) is 0 Å². The summed E-state index contributed by atoms with van der Waals surface area (Å²) < 4.78 is 2.11. The van der Waals surface area contributed by atoms with Crippen molar-refractivity contribution in [2.24, 2.45) is 0 Å². The van der Waals surface area contributed by atoms with Crippen molar-refractivity contribution >= 4 is 5.69 Å². The molecule has 6 nitrogen and oxygen atoms in total. The van der Waals surface area contributed by atoms with Crippen LogP contribution in [0.1, 0.15) is 18.3 Å². The van der Waals surface area contributed by atoms with Crippen LogP contribution in [-0.2, 0) is 19.6 Å². The normalized spacial score (nSPS) is 14.5. The molecule has 2 aromatic rings. The molecule has 3 rings (SSSR count). The van der Waals surface area contributed by atoms with Crippen molar-refractivity contribution in [3.05, 3.63) is 36.2 Å². The van der Waals surface area contributed by atoms with Gasteiger partial charge in [-0.05, 0) is 12.6 Å². The molecule has 0 radical (unpaired) electrons. The largest absolute Gasteiger partial charge is 0.362 e. The Labute approximate surface area is 112 Å². The summed E-state index contributed by atoms with van der Waals surface area (Å²) in [4.78, 5) is 6.57. The Morgan fingerprint density at radius 1 is 1.37 bits per heavy atom. The smallest absolute Gasteiger partial charge is 0.152 e. The summed E-state index contributed by atoms with van der Waals surface area (Å²) in [7, 11) is 0. The molecule has 19 heavy (non-hydrogen) atoms. The van der Waals surface area contributed by atoms with Gasteiger partial charge in [0.05, 0.1) is 6.54 Å². The van der Waals surface area contributed by atoms with E-state index < -0.39 is 0 Å². The minimum Gasteiger partial charge on any atom is -0.362 e. The van der Waals surface area contributed by atoms with Gasteiger partial charge in [-0.2, -0.15) is 0 Å². The second-order valence-corrected chi connectivity index (χ2v) is 4.65. The molecule has 1 aliphatic heterocycles. The summed E-state index contributed by atoms with van der Waals surface area (Å²) in [6, 6.07) is 2.08. The van der Waals surface area contributed by atoms with E-state index in [2.05, 4.69) is 43.0 Å². The van der Waals surface area contributed by atoms with Crippen LogP contribution in [0.4, 0.5) is 5.69 Å². The number of fused-ring (bicyclic) bond motifs is 1. The zero-order chi connectivity index (χ0) is 13.1. The zero-order valence-corrected chi connectivity index (χ0v) is 11.1. The Hall–Kier alpha value is -1.95. The van der Waals surface area contributed by atoms with Crippen molar-refractivity contribution < 1.29 is 0 Å². The quantitative estimate of drug-likeness (QED) is 0.879. The van der Waals surface area contributed by atoms with Gasteiger partial charge in [0.15, 0.2) is 5.82 Å². The van der Waals surface area contributed by atoms with Crippen LogP contribution in [0, 0.1) is 0 Å². The third-order valence-electron chi connectivity index (χ3n) is 3.42. The number of nitrogens with one attached hydrogen (secondary N) is 1. The van der Waals surface area contributed by atoms with Gasteiger partial charge in [-0.15, -0.1) is 10.2 Å². The Balaban J connectivity index is 1.83. The van der Waals surface area contributed by atoms with Crippen LogP contribution >= 0.6 is 0 Å². The Kier molecular flexibility index (Phi) is 3.41. The van der Waals surface area contributed by atoms with Gasteiger partial charge in [-0.25, -0.2) is 0 Å². The van der Waals surface area contributed by atoms with Crippen LogP contribution < -0.4 is 10.2 Å². The third kappa shape index (κ3) is 2.44. The van der Waals surface area contributed by atoms with E-state index in [1.54, 1.807) is 6.33 Å². The SMILES string of the molecule is CCNCc1cnccc1N1CCn2cnnc2C1. The summed E-state index contributed by atoms with van der Waals surface area (Å²) in [5.41, 5.74) is 2.47. The molecule has 1 aliphatic rings. The van der Waals surface area contributed by atoms with Gasteiger partial charge in [0.1, 0.15) is 6.33 Å². The second kappa shape index (κ2) is 5.36. The summed E-state index contributed by atoms with van der Waals surface area (Å²) in [5.74, 6) is 1.03. The predicted octanol–water partition coefficient (Wildman–Crippen LogP) is 0.803. The lowest BCUT2D eigenvalue weighted by molar-refractivity contribution is 0.557. The fourth-order valence-corrected chi connectivity index (χ4v) is 2.40. The summed E-state index contributed by atoms with van der Waals surface area (Å²) in [5, 5.41) is 11.5. The molecule has 0 bridgehead atoms. The lowest BCUT2D eigenvalue weighted by Crippen LogP contribution is -2.34. The number of anilines is 1. The Bertz CT molecular complexity index is 550. The van der Waals surface area contributed by atoms with E-state index in [1.165, 1.54) is 11.3 Å². The maximum absolute atomic E-state index is 4.23. The van der Waals surface area contributed by atoms with Crippen molar-refractivity contribution in [3.8, 4) is 0 Å². The molecule has 0 fully saturated rings. The number of nitrogens with zero attached hydrogens (tertiary/aromatic N) is 5. The van der Waals surface area contributed by atoms with Gasteiger partial charge in [-0.1, -0.05) is 6.92 Å². The number of hydrogen-bond acceptors (Lipinski definition) is 5. The second-order valence-electron chi connectivity index (χ2n) is 4.65. The number of pyridine rings is 1. The molecule has 0 aromatic carbocycles. The van der Waals surface area contributed by atoms with Crippen molar-refractivity contribution in [1.82, 2.24) is 25.1 Å². The van der Waals surface area contributed by atoms with Crippen LogP contribution in [-0.4, -0.2) is 32.8 Å². The molecule has 100 valence electrons. The van der Waals surface area contributed by atoms with Crippen molar-refractivity contribution in [2.75, 3.05) is 18.0 Å². The number of aromatic nitrogens is 4. The molecule has 2 aromatic heterocycles. The Morgan fingerprint density at radius 2 is 2.32 bits per heavy atom. The van der Waals surface area contributed by atoms with E-state index in [-0.39, 0.29) is 0 Å². The van der Waals surface area contributed by atoms with Gasteiger partial charge >= 0.3 is 0 Å². The van der Waals surface area contributed by atoms with Gasteiger partial charge in [0, 0.05) is 43.3 Å². The monoisotopic (exact) mass is 258 g/mol. The van der Waals surface area contributed by atoms with E-state index in [0.29, 0.717) is 0 Å². The molecular weight excluding hydrogens is 240 g/mol. The highest BCUT2D eigenvalue weighted by Gasteiger charge is 2.19. The standard InChI is InChI=1S/C13H18N6/c1-2-14-7-11-8-15-4-3-12(11)18-5-6-19-10-16-17-13(19)9-18/h3-4,8,10,14H,2,5-7,9H2,1H3. The fourth-order valence-electron chi connectivity index (χ4n) is 2.40. The van der Waals surface area contributed by atoms with Gasteiger partial charge in [-0.3, -0.25) is 4.98 Å². The summed E-state index contributed by atoms with van der Waals surface area (Å²) in [6.45, 7) is 6.65. The zero-order valence-electron chi connectivity index (χ0n) is 11.1. The molecule has 0 saturated carbocycles. The minimum atomic E-state index is 0.809. The van der Waals surface area contributed by atoms with Crippen molar-refractivity contribution in [2.45, 2.75) is 26.6 Å². The molecule has 3 heterocycles. The van der Waals surface area contributed by atoms with Crippen LogP contribution in [0.2, 0.25) is 0 Å². The Morgan fingerprint density at radius 3 is 3.21 bits per heavy atom. The van der Waals surface area contributed by atoms with Gasteiger partial charge in [0.2, 0.25) is 0 Å². The maximum Gasteiger partial charge on any atom is 0.152 e. The first-order valence-electron chi connectivity index (χ1n) is 6.63. The van der Waals surface area contributed by atoms with Gasteiger partial charge < -0.3 is 14.8 Å². The number of hydrogen-bond donors (Lipinski definition) is 1. The first-order chi connectivity index (χ1) is 9.38. The van der Waals surface area contributed by atoms with Crippen LogP contribution in [0.3, 0.4) is 0 Å². The molecule has 0 atom stereocenters. The average molecular weight is 258 g/mol. The highest BCUT2D eigenvalue weighted by Crippen LogP contribution is 2.23. The van der Waals surface area contributed by atoms with E-state index in [4.69, 9.17) is 0 Å². The molecule has 0 saturated heterocycles. The van der Waals surface area contributed by atoms with Crippen LogP contribution in [0.15, 0.2) is 24.8 Å². The molecule has 6 heteroatoms. The van der Waals surface area contributed by atoms with Crippen LogP contribution in [0.5, 0.6) is 0 Å². The maximum atomic E-state index is 4.23. The molecule has 0 aliphatic carbocycles. The van der Waals surface area contributed by atoms with E-state index in [0.717, 1.165) is 38.5 Å². The molecule has 1 N–H and O–H groups in total. The van der Waals surface area contributed by atoms with Crippen molar-refractivity contribution in [3.63, 3.8) is 0 Å². The minimum absolute atomic E-state index is 0.809.